The average molecular weight is 268 g/mol. The third-order valence-electron chi connectivity index (χ3n) is 3.02. The summed E-state index contributed by atoms with van der Waals surface area (Å²) in [7, 11) is 0. The van der Waals surface area contributed by atoms with Gasteiger partial charge >= 0.3 is 0 Å². The maximum atomic E-state index is 12.1. The van der Waals surface area contributed by atoms with E-state index in [-0.39, 0.29) is 24.0 Å². The van der Waals surface area contributed by atoms with Crippen LogP contribution in [0.15, 0.2) is 12.5 Å². The number of amides is 1. The number of nitrogens with zero attached hydrogens (tertiary/aromatic N) is 2. The molecule has 0 bridgehead atoms. The van der Waals surface area contributed by atoms with Crippen molar-refractivity contribution in [2.45, 2.75) is 39.8 Å². The fraction of sp³-hybridized carbons (Fsp3) is 0.692. The van der Waals surface area contributed by atoms with Crippen LogP contribution in [0.3, 0.4) is 0 Å². The smallest absolute Gasteiger partial charge is 0.271 e. The van der Waals surface area contributed by atoms with E-state index in [0.717, 1.165) is 0 Å². The van der Waals surface area contributed by atoms with Crippen molar-refractivity contribution in [1.29, 1.82) is 0 Å². The van der Waals surface area contributed by atoms with Crippen molar-refractivity contribution in [3.63, 3.8) is 0 Å². The van der Waals surface area contributed by atoms with Crippen LogP contribution in [0, 0.1) is 5.41 Å². The molecule has 0 saturated carbocycles. The van der Waals surface area contributed by atoms with Gasteiger partial charge in [0.25, 0.3) is 5.91 Å². The van der Waals surface area contributed by atoms with Gasteiger partial charge < -0.3 is 20.7 Å². The summed E-state index contributed by atoms with van der Waals surface area (Å²) in [4.78, 5) is 16.2. The summed E-state index contributed by atoms with van der Waals surface area (Å²) >= 11 is 0. The van der Waals surface area contributed by atoms with Gasteiger partial charge in [-0.05, 0) is 11.8 Å². The number of carbonyl (C=O) groups is 1. The van der Waals surface area contributed by atoms with E-state index in [0.29, 0.717) is 25.2 Å². The lowest BCUT2D eigenvalue weighted by Crippen LogP contribution is -2.44. The second-order valence-electron chi connectivity index (χ2n) is 5.69. The highest BCUT2D eigenvalue weighted by Crippen LogP contribution is 2.21. The highest BCUT2D eigenvalue weighted by Gasteiger charge is 2.26. The molecule has 0 aliphatic carbocycles. The van der Waals surface area contributed by atoms with Crippen LogP contribution in [0.5, 0.6) is 0 Å². The van der Waals surface area contributed by atoms with E-state index in [1.165, 1.54) is 0 Å². The molecule has 1 unspecified atom stereocenters. The fourth-order valence-electron chi connectivity index (χ4n) is 1.83. The quantitative estimate of drug-likeness (QED) is 0.695. The molecule has 6 nitrogen and oxygen atoms in total. The molecule has 0 spiro atoms. The van der Waals surface area contributed by atoms with Crippen LogP contribution in [-0.4, -0.2) is 39.8 Å². The second kappa shape index (κ2) is 6.68. The number of imidazole rings is 1. The lowest BCUT2D eigenvalue weighted by Gasteiger charge is -2.30. The molecule has 1 amide bonds. The summed E-state index contributed by atoms with van der Waals surface area (Å²) in [6.45, 7) is 7.28. The lowest BCUT2D eigenvalue weighted by atomic mass is 9.85. The van der Waals surface area contributed by atoms with E-state index < -0.39 is 0 Å². The number of rotatable bonds is 6. The molecule has 1 atom stereocenters. The Labute approximate surface area is 114 Å². The second-order valence-corrected chi connectivity index (χ2v) is 5.69. The van der Waals surface area contributed by atoms with Gasteiger partial charge in [-0.2, -0.15) is 0 Å². The van der Waals surface area contributed by atoms with E-state index in [9.17, 15) is 4.79 Å². The zero-order chi connectivity index (χ0) is 14.5. The fourth-order valence-corrected chi connectivity index (χ4v) is 1.83. The Morgan fingerprint density at radius 3 is 2.79 bits per heavy atom. The Balaban J connectivity index is 2.70. The number of nitrogens with one attached hydrogen (secondary N) is 1. The molecule has 1 aromatic rings. The number of hydrogen-bond donors (Lipinski definition) is 3. The van der Waals surface area contributed by atoms with Crippen LogP contribution in [0.1, 0.15) is 37.7 Å². The van der Waals surface area contributed by atoms with E-state index in [2.05, 4.69) is 10.3 Å². The van der Waals surface area contributed by atoms with Gasteiger partial charge in [-0.1, -0.05) is 20.8 Å². The molecule has 0 aliphatic rings. The topological polar surface area (TPSA) is 93.2 Å². The summed E-state index contributed by atoms with van der Waals surface area (Å²) in [5, 5.41) is 12.0. The minimum atomic E-state index is -0.218. The Kier molecular flexibility index (Phi) is 5.50. The summed E-state index contributed by atoms with van der Waals surface area (Å²) in [6.07, 6.45) is 3.81. The number of carbonyl (C=O) groups excluding carboxylic acids is 1. The monoisotopic (exact) mass is 268 g/mol. The van der Waals surface area contributed by atoms with Crippen LogP contribution in [0.25, 0.3) is 0 Å². The first kappa shape index (κ1) is 15.7. The summed E-state index contributed by atoms with van der Waals surface area (Å²) < 4.78 is 1.78. The predicted octanol–water partition coefficient (Wildman–Crippen LogP) is 0.369. The molecule has 4 N–H and O–H groups in total. The first-order valence-corrected chi connectivity index (χ1v) is 6.52. The first-order chi connectivity index (χ1) is 8.88. The molecular weight excluding hydrogens is 244 g/mol. The third-order valence-corrected chi connectivity index (χ3v) is 3.02. The number of nitrogens with two attached hydrogens (primary N) is 1. The normalized spacial score (nSPS) is 13.3. The van der Waals surface area contributed by atoms with Gasteiger partial charge in [0.1, 0.15) is 5.69 Å². The summed E-state index contributed by atoms with van der Waals surface area (Å²) in [5.74, 6) is -0.218. The SMILES string of the molecule is CC(C)(C)C(CCO)NC(=O)c1cn(CCN)cn1. The number of hydrogen-bond acceptors (Lipinski definition) is 4. The van der Waals surface area contributed by atoms with Crippen molar-refractivity contribution < 1.29 is 9.90 Å². The largest absolute Gasteiger partial charge is 0.396 e. The molecule has 19 heavy (non-hydrogen) atoms. The maximum Gasteiger partial charge on any atom is 0.271 e. The van der Waals surface area contributed by atoms with Crippen LogP contribution in [0.2, 0.25) is 0 Å². The number of aliphatic hydroxyl groups excluding tert-OH is 1. The molecule has 1 heterocycles. The zero-order valence-corrected chi connectivity index (χ0v) is 11.9. The van der Waals surface area contributed by atoms with Gasteiger partial charge in [0, 0.05) is 31.9 Å². The average Bonchev–Trinajstić information content (AvgIpc) is 2.76. The van der Waals surface area contributed by atoms with Gasteiger partial charge in [-0.3, -0.25) is 4.79 Å². The molecule has 0 aromatic carbocycles. The minimum Gasteiger partial charge on any atom is -0.396 e. The third kappa shape index (κ3) is 4.65. The molecular formula is C13H24N4O2. The van der Waals surface area contributed by atoms with Crippen LogP contribution in [0.4, 0.5) is 0 Å². The predicted molar refractivity (Wildman–Crippen MR) is 73.7 cm³/mol. The summed E-state index contributed by atoms with van der Waals surface area (Å²) in [5.41, 5.74) is 5.71. The van der Waals surface area contributed by atoms with E-state index >= 15 is 0 Å². The highest BCUT2D eigenvalue weighted by atomic mass is 16.3. The highest BCUT2D eigenvalue weighted by molar-refractivity contribution is 5.92. The van der Waals surface area contributed by atoms with E-state index in [4.69, 9.17) is 10.8 Å². The number of aliphatic hydroxyl groups is 1. The Morgan fingerprint density at radius 2 is 2.26 bits per heavy atom. The molecule has 0 aliphatic heterocycles. The summed E-state index contributed by atoms with van der Waals surface area (Å²) in [6, 6.07) is -0.0929. The molecule has 0 fully saturated rings. The van der Waals surface area contributed by atoms with Crippen LogP contribution >= 0.6 is 0 Å². The molecule has 0 radical (unpaired) electrons. The molecule has 6 heteroatoms. The van der Waals surface area contributed by atoms with E-state index in [1.807, 2.05) is 20.8 Å². The van der Waals surface area contributed by atoms with Crippen molar-refractivity contribution in [3.8, 4) is 0 Å². The van der Waals surface area contributed by atoms with Gasteiger partial charge in [-0.15, -0.1) is 0 Å². The van der Waals surface area contributed by atoms with Crippen LogP contribution in [-0.2, 0) is 6.54 Å². The maximum absolute atomic E-state index is 12.1. The van der Waals surface area contributed by atoms with Crippen LogP contribution < -0.4 is 11.1 Å². The van der Waals surface area contributed by atoms with Crippen molar-refractivity contribution in [1.82, 2.24) is 14.9 Å². The standard InChI is InChI=1S/C13H24N4O2/c1-13(2,3)11(4-7-18)16-12(19)10-8-17(6-5-14)9-15-10/h8-9,11,18H,4-7,14H2,1-3H3,(H,16,19). The Hall–Kier alpha value is -1.40. The van der Waals surface area contributed by atoms with Crippen molar-refractivity contribution >= 4 is 5.91 Å². The Morgan fingerprint density at radius 1 is 1.58 bits per heavy atom. The molecule has 108 valence electrons. The number of aromatic nitrogens is 2. The van der Waals surface area contributed by atoms with Crippen molar-refractivity contribution in [3.05, 3.63) is 18.2 Å². The van der Waals surface area contributed by atoms with E-state index in [1.54, 1.807) is 17.1 Å². The Bertz CT molecular complexity index is 409. The van der Waals surface area contributed by atoms with Gasteiger partial charge in [0.2, 0.25) is 0 Å². The molecule has 0 saturated heterocycles. The zero-order valence-electron chi connectivity index (χ0n) is 11.9. The van der Waals surface area contributed by atoms with Crippen molar-refractivity contribution in [2.24, 2.45) is 11.1 Å². The van der Waals surface area contributed by atoms with Gasteiger partial charge in [0.15, 0.2) is 0 Å². The van der Waals surface area contributed by atoms with Gasteiger partial charge in [0.05, 0.1) is 6.33 Å². The molecule has 1 aromatic heterocycles. The lowest BCUT2D eigenvalue weighted by molar-refractivity contribution is 0.0880. The van der Waals surface area contributed by atoms with Crippen molar-refractivity contribution in [2.75, 3.05) is 13.2 Å². The molecule has 1 rings (SSSR count). The van der Waals surface area contributed by atoms with Gasteiger partial charge in [-0.25, -0.2) is 4.98 Å². The first-order valence-electron chi connectivity index (χ1n) is 6.52. The minimum absolute atomic E-state index is 0.0455.